The van der Waals surface area contributed by atoms with Crippen LogP contribution in [0.5, 0.6) is 0 Å². The molecule has 10 heteroatoms. The van der Waals surface area contributed by atoms with Crippen LogP contribution in [0.25, 0.3) is 11.3 Å². The van der Waals surface area contributed by atoms with Crippen molar-refractivity contribution in [3.63, 3.8) is 0 Å². The average molecular weight is 588 g/mol. The van der Waals surface area contributed by atoms with Gasteiger partial charge in [0, 0.05) is 37.8 Å². The number of carbonyl (C=O) groups is 2. The second-order valence-corrected chi connectivity index (χ2v) is 11.8. The Morgan fingerprint density at radius 1 is 1.09 bits per heavy atom. The van der Waals surface area contributed by atoms with Gasteiger partial charge in [-0.25, -0.2) is 9.78 Å². The van der Waals surface area contributed by atoms with Crippen molar-refractivity contribution in [2.45, 2.75) is 49.8 Å². The van der Waals surface area contributed by atoms with Crippen molar-refractivity contribution in [3.05, 3.63) is 78.2 Å². The van der Waals surface area contributed by atoms with Crippen LogP contribution in [0.3, 0.4) is 0 Å². The summed E-state index contributed by atoms with van der Waals surface area (Å²) < 4.78 is 13.0. The molecule has 2 saturated heterocycles. The summed E-state index contributed by atoms with van der Waals surface area (Å²) in [6, 6.07) is 19.8. The first-order valence-electron chi connectivity index (χ1n) is 15.4. The number of nitrogens with one attached hydrogen (secondary N) is 1. The predicted molar refractivity (Wildman–Crippen MR) is 162 cm³/mol. The van der Waals surface area contributed by atoms with Crippen molar-refractivity contribution in [2.24, 2.45) is 0 Å². The van der Waals surface area contributed by atoms with Gasteiger partial charge in [-0.15, -0.1) is 0 Å². The van der Waals surface area contributed by atoms with Crippen LogP contribution in [0, 0.1) is 0 Å². The molecular formula is C33H41N5O5. The van der Waals surface area contributed by atoms with Gasteiger partial charge in [-0.2, -0.15) is 0 Å². The molecule has 2 aliphatic heterocycles. The Labute approximate surface area is 252 Å². The summed E-state index contributed by atoms with van der Waals surface area (Å²) in [5.74, 6) is -0.0897. The van der Waals surface area contributed by atoms with Gasteiger partial charge in [0.1, 0.15) is 12.2 Å². The Bertz CT molecular complexity index is 1380. The topological polar surface area (TPSA) is 109 Å². The number of amides is 2. The number of aromatic nitrogens is 2. The summed E-state index contributed by atoms with van der Waals surface area (Å²) >= 11 is 0. The highest BCUT2D eigenvalue weighted by Gasteiger charge is 2.43. The maximum atomic E-state index is 14.3. The number of carbonyl (C=O) groups excluding carboxylic acids is 2. The smallest absolute Gasteiger partial charge is 0.410 e. The van der Waals surface area contributed by atoms with Gasteiger partial charge in [-0.3, -0.25) is 4.79 Å². The molecule has 6 rings (SSSR count). The van der Waals surface area contributed by atoms with Crippen LogP contribution in [-0.4, -0.2) is 101 Å². The molecule has 3 atom stereocenters. The lowest BCUT2D eigenvalue weighted by molar-refractivity contribution is -0.0999. The van der Waals surface area contributed by atoms with E-state index in [9.17, 15) is 14.7 Å². The first kappa shape index (κ1) is 29.3. The van der Waals surface area contributed by atoms with Gasteiger partial charge < -0.3 is 34.3 Å². The first-order valence-corrected chi connectivity index (χ1v) is 15.4. The molecule has 2 N–H and O–H groups in total. The van der Waals surface area contributed by atoms with Gasteiger partial charge in [-0.05, 0) is 24.8 Å². The Morgan fingerprint density at radius 3 is 2.65 bits per heavy atom. The van der Waals surface area contributed by atoms with Crippen LogP contribution in [-0.2, 0) is 15.9 Å². The molecule has 1 aromatic heterocycles. The standard InChI is InChI=1S/C33H41N5O5/c39-31(37-16-15-34-22-27(37)21-25-9-3-1-4-10-25)29-30(26-11-5-2-6-12-26)38(24-35-29)28-13-7-8-14-33(28,41)23-42-19-17-36-18-20-43-32(36)40/h1-6,9-12,24,27-28,34,41H,7-8,13-23H2/t27-,28?,33?/m1/s1. The summed E-state index contributed by atoms with van der Waals surface area (Å²) in [6.45, 7) is 3.87. The maximum absolute atomic E-state index is 14.3. The number of piperazine rings is 1. The van der Waals surface area contributed by atoms with E-state index in [2.05, 4.69) is 17.4 Å². The zero-order valence-electron chi connectivity index (χ0n) is 24.6. The van der Waals surface area contributed by atoms with Crippen molar-refractivity contribution in [1.82, 2.24) is 24.7 Å². The van der Waals surface area contributed by atoms with E-state index in [4.69, 9.17) is 14.5 Å². The third-order valence-corrected chi connectivity index (χ3v) is 8.96. The zero-order valence-corrected chi connectivity index (χ0v) is 24.6. The number of nitrogens with zero attached hydrogens (tertiary/aromatic N) is 4. The number of benzene rings is 2. The minimum atomic E-state index is -1.14. The molecule has 1 saturated carbocycles. The molecule has 3 fully saturated rings. The van der Waals surface area contributed by atoms with E-state index in [-0.39, 0.29) is 30.7 Å². The highest BCUT2D eigenvalue weighted by molar-refractivity contribution is 5.98. The van der Waals surface area contributed by atoms with Crippen molar-refractivity contribution in [3.8, 4) is 11.3 Å². The highest BCUT2D eigenvalue weighted by Crippen LogP contribution is 2.41. The summed E-state index contributed by atoms with van der Waals surface area (Å²) in [4.78, 5) is 34.4. The summed E-state index contributed by atoms with van der Waals surface area (Å²) in [7, 11) is 0. The summed E-state index contributed by atoms with van der Waals surface area (Å²) in [5.41, 5.74) is 2.08. The number of ether oxygens (including phenoxy) is 2. The molecule has 2 amide bonds. The second kappa shape index (κ2) is 13.3. The highest BCUT2D eigenvalue weighted by atomic mass is 16.6. The van der Waals surface area contributed by atoms with Gasteiger partial charge in [0.2, 0.25) is 0 Å². The molecule has 3 aromatic rings. The summed E-state index contributed by atoms with van der Waals surface area (Å²) in [5, 5.41) is 15.5. The minimum Gasteiger partial charge on any atom is -0.448 e. The van der Waals surface area contributed by atoms with Gasteiger partial charge in [0.05, 0.1) is 37.8 Å². The number of imidazole rings is 1. The fourth-order valence-electron chi connectivity index (χ4n) is 6.69. The summed E-state index contributed by atoms with van der Waals surface area (Å²) in [6.07, 6.45) is 5.33. The van der Waals surface area contributed by atoms with Crippen molar-refractivity contribution >= 4 is 12.0 Å². The Balaban J connectivity index is 1.27. The van der Waals surface area contributed by atoms with E-state index in [1.165, 1.54) is 5.56 Å². The third-order valence-electron chi connectivity index (χ3n) is 8.96. The van der Waals surface area contributed by atoms with E-state index in [1.54, 1.807) is 11.2 Å². The van der Waals surface area contributed by atoms with E-state index in [0.29, 0.717) is 45.0 Å². The maximum Gasteiger partial charge on any atom is 0.410 e. The normalized spacial score (nSPS) is 24.3. The molecule has 2 aromatic carbocycles. The fourth-order valence-corrected chi connectivity index (χ4v) is 6.69. The lowest BCUT2D eigenvalue weighted by atomic mass is 9.80. The number of hydrogen-bond acceptors (Lipinski definition) is 7. The van der Waals surface area contributed by atoms with Crippen LogP contribution < -0.4 is 5.32 Å². The van der Waals surface area contributed by atoms with Crippen molar-refractivity contribution in [1.29, 1.82) is 0 Å². The van der Waals surface area contributed by atoms with Crippen molar-refractivity contribution < 1.29 is 24.2 Å². The van der Waals surface area contributed by atoms with Gasteiger partial charge in [0.15, 0.2) is 5.69 Å². The molecule has 228 valence electrons. The Morgan fingerprint density at radius 2 is 1.88 bits per heavy atom. The third kappa shape index (κ3) is 6.46. The van der Waals surface area contributed by atoms with E-state index < -0.39 is 5.60 Å². The lowest BCUT2D eigenvalue weighted by Crippen LogP contribution is -2.54. The van der Waals surface area contributed by atoms with Crippen LogP contribution in [0.4, 0.5) is 4.79 Å². The SMILES string of the molecule is O=C1OCCN1CCOCC1(O)CCCCC1n1cnc(C(=O)N2CCNC[C@H]2Cc2ccccc2)c1-c1ccccc1. The zero-order chi connectivity index (χ0) is 29.6. The number of cyclic esters (lactones) is 1. The molecule has 0 radical (unpaired) electrons. The molecule has 3 aliphatic rings. The quantitative estimate of drug-likeness (QED) is 0.350. The molecule has 0 bridgehead atoms. The van der Waals surface area contributed by atoms with Crippen LogP contribution >= 0.6 is 0 Å². The fraction of sp³-hybridized carbons (Fsp3) is 0.485. The van der Waals surface area contributed by atoms with Crippen molar-refractivity contribution in [2.75, 3.05) is 52.5 Å². The van der Waals surface area contributed by atoms with Gasteiger partial charge in [-0.1, -0.05) is 73.5 Å². The predicted octanol–water partition coefficient (Wildman–Crippen LogP) is 3.52. The minimum absolute atomic E-state index is 0.00493. The molecule has 2 unspecified atom stereocenters. The van der Waals surface area contributed by atoms with Gasteiger partial charge >= 0.3 is 6.09 Å². The van der Waals surface area contributed by atoms with E-state index in [1.807, 2.05) is 58.0 Å². The Hall–Kier alpha value is -3.73. The van der Waals surface area contributed by atoms with Crippen LogP contribution in [0.15, 0.2) is 67.0 Å². The molecule has 10 nitrogen and oxygen atoms in total. The number of aliphatic hydroxyl groups is 1. The lowest BCUT2D eigenvalue weighted by Gasteiger charge is -2.41. The molecule has 3 heterocycles. The largest absolute Gasteiger partial charge is 0.448 e. The number of rotatable bonds is 10. The molecular weight excluding hydrogens is 546 g/mol. The molecule has 0 spiro atoms. The van der Waals surface area contributed by atoms with E-state index in [0.717, 1.165) is 50.0 Å². The number of hydrogen-bond donors (Lipinski definition) is 2. The first-order chi connectivity index (χ1) is 21.0. The van der Waals surface area contributed by atoms with E-state index >= 15 is 0 Å². The Kier molecular flexibility index (Phi) is 9.06. The molecule has 1 aliphatic carbocycles. The van der Waals surface area contributed by atoms with Crippen LogP contribution in [0.1, 0.15) is 47.8 Å². The average Bonchev–Trinajstić information content (AvgIpc) is 3.66. The van der Waals surface area contributed by atoms with Gasteiger partial charge in [0.25, 0.3) is 5.91 Å². The van der Waals surface area contributed by atoms with Crippen LogP contribution in [0.2, 0.25) is 0 Å². The monoisotopic (exact) mass is 587 g/mol. The second-order valence-electron chi connectivity index (χ2n) is 11.8. The molecule has 43 heavy (non-hydrogen) atoms.